The van der Waals surface area contributed by atoms with E-state index in [2.05, 4.69) is 11.1 Å². The predicted octanol–water partition coefficient (Wildman–Crippen LogP) is 2.71. The van der Waals surface area contributed by atoms with Crippen molar-refractivity contribution >= 4 is 23.4 Å². The van der Waals surface area contributed by atoms with Gasteiger partial charge in [0.1, 0.15) is 5.03 Å². The molecule has 0 saturated carbocycles. The monoisotopic (exact) mass is 305 g/mol. The Morgan fingerprint density at radius 3 is 2.85 bits per heavy atom. The van der Waals surface area contributed by atoms with Crippen LogP contribution < -0.4 is 5.73 Å². The molecule has 0 radical (unpaired) electrons. The van der Waals surface area contributed by atoms with Gasteiger partial charge in [0.05, 0.1) is 23.3 Å². The molecule has 0 aliphatic heterocycles. The smallest absolute Gasteiger partial charge is 0.106 e. The quantitative estimate of drug-likeness (QED) is 0.907. The second-order valence-electron chi connectivity index (χ2n) is 3.99. The fourth-order valence-electron chi connectivity index (χ4n) is 1.71. The zero-order valence-corrected chi connectivity index (χ0v) is 12.1. The molecule has 0 atom stereocenters. The maximum Gasteiger partial charge on any atom is 0.106 e. The molecule has 20 heavy (non-hydrogen) atoms. The van der Waals surface area contributed by atoms with E-state index in [4.69, 9.17) is 22.6 Å². The summed E-state index contributed by atoms with van der Waals surface area (Å²) in [6.07, 6.45) is 1.65. The molecule has 0 fully saturated rings. The Kier molecular flexibility index (Phi) is 4.99. The van der Waals surface area contributed by atoms with Gasteiger partial charge in [0.15, 0.2) is 0 Å². The largest absolute Gasteiger partial charge is 0.392 e. The summed E-state index contributed by atoms with van der Waals surface area (Å²) in [4.78, 5) is 5.01. The van der Waals surface area contributed by atoms with Crippen molar-refractivity contribution in [2.75, 3.05) is 0 Å². The van der Waals surface area contributed by atoms with Gasteiger partial charge in [-0.05, 0) is 23.8 Å². The van der Waals surface area contributed by atoms with Gasteiger partial charge in [0, 0.05) is 23.2 Å². The Morgan fingerprint density at radius 2 is 2.20 bits per heavy atom. The van der Waals surface area contributed by atoms with Gasteiger partial charge in [-0.1, -0.05) is 29.4 Å². The van der Waals surface area contributed by atoms with Crippen LogP contribution in [-0.4, -0.2) is 10.1 Å². The molecule has 1 aromatic heterocycles. The molecule has 0 spiro atoms. The van der Waals surface area contributed by atoms with Crippen LogP contribution in [0.2, 0.25) is 5.02 Å². The lowest BCUT2D eigenvalue weighted by Crippen LogP contribution is -2.00. The molecule has 4 nitrogen and oxygen atoms in total. The molecule has 3 N–H and O–H groups in total. The molecule has 6 heteroatoms. The van der Waals surface area contributed by atoms with Crippen molar-refractivity contribution in [2.45, 2.75) is 23.1 Å². The topological polar surface area (TPSA) is 82.9 Å². The summed E-state index contributed by atoms with van der Waals surface area (Å²) in [5, 5.41) is 19.4. The molecule has 2 rings (SSSR count). The van der Waals surface area contributed by atoms with Gasteiger partial charge in [0.25, 0.3) is 0 Å². The number of pyridine rings is 1. The standard InChI is InChI=1S/C14H12ClN3OS/c15-12-5-9(6-16)4-11(7-17)13(12)20-14-10(8-19)2-1-3-18-14/h1-5,19H,7-8,17H2. The van der Waals surface area contributed by atoms with E-state index < -0.39 is 0 Å². The van der Waals surface area contributed by atoms with Crippen molar-refractivity contribution in [2.24, 2.45) is 5.73 Å². The first-order valence-corrected chi connectivity index (χ1v) is 7.04. The number of nitriles is 1. The number of nitrogens with two attached hydrogens (primary N) is 1. The fraction of sp³-hybridized carbons (Fsp3) is 0.143. The van der Waals surface area contributed by atoms with E-state index >= 15 is 0 Å². The SMILES string of the molecule is N#Cc1cc(Cl)c(Sc2ncccc2CO)c(CN)c1. The van der Waals surface area contributed by atoms with Crippen LogP contribution in [0, 0.1) is 11.3 Å². The number of aliphatic hydroxyl groups is 1. The molecule has 0 saturated heterocycles. The average molecular weight is 306 g/mol. The molecule has 0 bridgehead atoms. The number of hydrogen-bond donors (Lipinski definition) is 2. The zero-order valence-electron chi connectivity index (χ0n) is 10.5. The fourth-order valence-corrected chi connectivity index (χ4v) is 3.07. The van der Waals surface area contributed by atoms with E-state index in [1.807, 2.05) is 0 Å². The third kappa shape index (κ3) is 3.11. The first-order chi connectivity index (χ1) is 9.69. The summed E-state index contributed by atoms with van der Waals surface area (Å²) in [6, 6.07) is 8.94. The van der Waals surface area contributed by atoms with Crippen LogP contribution in [0.4, 0.5) is 0 Å². The molecular weight excluding hydrogens is 294 g/mol. The van der Waals surface area contributed by atoms with E-state index in [0.29, 0.717) is 15.6 Å². The summed E-state index contributed by atoms with van der Waals surface area (Å²) >= 11 is 7.56. The minimum absolute atomic E-state index is 0.0952. The first-order valence-electron chi connectivity index (χ1n) is 5.84. The summed E-state index contributed by atoms with van der Waals surface area (Å²) in [7, 11) is 0. The number of rotatable bonds is 4. The van der Waals surface area contributed by atoms with Crippen LogP contribution in [0.1, 0.15) is 16.7 Å². The highest BCUT2D eigenvalue weighted by atomic mass is 35.5. The van der Waals surface area contributed by atoms with Crippen LogP contribution in [0.25, 0.3) is 0 Å². The van der Waals surface area contributed by atoms with Gasteiger partial charge in [-0.2, -0.15) is 5.26 Å². The third-order valence-corrected chi connectivity index (χ3v) is 4.35. The lowest BCUT2D eigenvalue weighted by molar-refractivity contribution is 0.278. The van der Waals surface area contributed by atoms with Gasteiger partial charge in [-0.25, -0.2) is 4.98 Å². The van der Waals surface area contributed by atoms with E-state index in [9.17, 15) is 5.11 Å². The Balaban J connectivity index is 2.46. The Morgan fingerprint density at radius 1 is 1.40 bits per heavy atom. The number of nitrogens with zero attached hydrogens (tertiary/aromatic N) is 2. The van der Waals surface area contributed by atoms with Crippen molar-refractivity contribution in [3.63, 3.8) is 0 Å². The van der Waals surface area contributed by atoms with E-state index in [1.54, 1.807) is 30.5 Å². The predicted molar refractivity (Wildman–Crippen MR) is 78.3 cm³/mol. The molecule has 1 heterocycles. The van der Waals surface area contributed by atoms with Crippen LogP contribution in [-0.2, 0) is 13.2 Å². The van der Waals surface area contributed by atoms with E-state index in [-0.39, 0.29) is 13.2 Å². The maximum absolute atomic E-state index is 9.32. The third-order valence-electron chi connectivity index (χ3n) is 2.69. The molecule has 1 aromatic carbocycles. The Hall–Kier alpha value is -1.58. The minimum Gasteiger partial charge on any atom is -0.392 e. The number of halogens is 1. The summed E-state index contributed by atoms with van der Waals surface area (Å²) in [6.45, 7) is 0.181. The van der Waals surface area contributed by atoms with Crippen LogP contribution in [0.3, 0.4) is 0 Å². The highest BCUT2D eigenvalue weighted by molar-refractivity contribution is 7.99. The van der Waals surface area contributed by atoms with Gasteiger partial charge >= 0.3 is 0 Å². The second kappa shape index (κ2) is 6.73. The lowest BCUT2D eigenvalue weighted by atomic mass is 10.1. The molecule has 102 valence electrons. The molecule has 0 unspecified atom stereocenters. The average Bonchev–Trinajstić information content (AvgIpc) is 2.49. The second-order valence-corrected chi connectivity index (χ2v) is 5.40. The van der Waals surface area contributed by atoms with Crippen molar-refractivity contribution in [1.82, 2.24) is 4.98 Å². The van der Waals surface area contributed by atoms with Gasteiger partial charge in [-0.15, -0.1) is 0 Å². The van der Waals surface area contributed by atoms with E-state index in [1.165, 1.54) is 11.8 Å². The van der Waals surface area contributed by atoms with Gasteiger partial charge < -0.3 is 10.8 Å². The van der Waals surface area contributed by atoms with Crippen LogP contribution in [0.15, 0.2) is 40.4 Å². The van der Waals surface area contributed by atoms with Crippen molar-refractivity contribution < 1.29 is 5.11 Å². The molecular formula is C14H12ClN3OS. The zero-order chi connectivity index (χ0) is 14.5. The first kappa shape index (κ1) is 14.8. The minimum atomic E-state index is -0.0952. The number of aromatic nitrogens is 1. The van der Waals surface area contributed by atoms with Crippen molar-refractivity contribution in [3.8, 4) is 6.07 Å². The van der Waals surface area contributed by atoms with Crippen LogP contribution in [0.5, 0.6) is 0 Å². The summed E-state index contributed by atoms with van der Waals surface area (Å²) < 4.78 is 0. The number of benzene rings is 1. The lowest BCUT2D eigenvalue weighted by Gasteiger charge is -2.11. The van der Waals surface area contributed by atoms with Crippen LogP contribution >= 0.6 is 23.4 Å². The highest BCUT2D eigenvalue weighted by Crippen LogP contribution is 2.37. The number of hydrogen-bond acceptors (Lipinski definition) is 5. The Bertz CT molecular complexity index is 670. The Labute approximate surface area is 126 Å². The summed E-state index contributed by atoms with van der Waals surface area (Å²) in [5.41, 5.74) is 7.70. The van der Waals surface area contributed by atoms with Gasteiger partial charge in [0.2, 0.25) is 0 Å². The van der Waals surface area contributed by atoms with Crippen molar-refractivity contribution in [1.29, 1.82) is 5.26 Å². The molecule has 0 amide bonds. The highest BCUT2D eigenvalue weighted by Gasteiger charge is 2.13. The van der Waals surface area contributed by atoms with Gasteiger partial charge in [-0.3, -0.25) is 0 Å². The number of aliphatic hydroxyl groups excluding tert-OH is 1. The molecule has 0 aliphatic carbocycles. The normalized spacial score (nSPS) is 10.3. The molecule has 2 aromatic rings. The van der Waals surface area contributed by atoms with E-state index in [0.717, 1.165) is 16.0 Å². The summed E-state index contributed by atoms with van der Waals surface area (Å²) in [5.74, 6) is 0. The maximum atomic E-state index is 9.32. The van der Waals surface area contributed by atoms with Crippen molar-refractivity contribution in [3.05, 3.63) is 52.2 Å². The molecule has 0 aliphatic rings.